The standard InChI is InChI=1S/C17H21N3O2/c1-12-8-13(2)19-16(9-12)20-17(22)18-10-15(11-21)14-6-4-3-5-7-14/h3-9,15,21H,10-11H2,1-2H3,(H2,18,19,20,22)/t15-/m1/s1. The number of hydrogen-bond donors (Lipinski definition) is 3. The number of aryl methyl sites for hydroxylation is 2. The van der Waals surface area contributed by atoms with E-state index in [1.165, 1.54) is 0 Å². The Morgan fingerprint density at radius 1 is 1.23 bits per heavy atom. The minimum Gasteiger partial charge on any atom is -0.396 e. The van der Waals surface area contributed by atoms with Gasteiger partial charge in [-0.05, 0) is 37.1 Å². The molecule has 1 heterocycles. The molecule has 5 heteroatoms. The number of benzene rings is 1. The first-order valence-electron chi connectivity index (χ1n) is 7.24. The van der Waals surface area contributed by atoms with E-state index in [1.807, 2.05) is 56.3 Å². The first kappa shape index (κ1) is 16.0. The fraction of sp³-hybridized carbons (Fsp3) is 0.294. The van der Waals surface area contributed by atoms with Crippen molar-refractivity contribution in [1.82, 2.24) is 10.3 Å². The number of anilines is 1. The van der Waals surface area contributed by atoms with Crippen LogP contribution in [0.2, 0.25) is 0 Å². The molecule has 22 heavy (non-hydrogen) atoms. The lowest BCUT2D eigenvalue weighted by molar-refractivity contribution is 0.243. The largest absolute Gasteiger partial charge is 0.396 e. The van der Waals surface area contributed by atoms with E-state index in [9.17, 15) is 9.90 Å². The molecule has 2 rings (SSSR count). The molecule has 0 radical (unpaired) electrons. The summed E-state index contributed by atoms with van der Waals surface area (Å²) in [6.45, 7) is 4.17. The Morgan fingerprint density at radius 3 is 2.59 bits per heavy atom. The van der Waals surface area contributed by atoms with Gasteiger partial charge in [0.25, 0.3) is 0 Å². The smallest absolute Gasteiger partial charge is 0.320 e. The zero-order valence-corrected chi connectivity index (χ0v) is 12.8. The number of carbonyl (C=O) groups excluding carboxylic acids is 1. The van der Waals surface area contributed by atoms with Crippen LogP contribution >= 0.6 is 0 Å². The SMILES string of the molecule is Cc1cc(C)nc(NC(=O)NC[C@H](CO)c2ccccc2)c1. The van der Waals surface area contributed by atoms with Crippen molar-refractivity contribution in [2.75, 3.05) is 18.5 Å². The van der Waals surface area contributed by atoms with Crippen molar-refractivity contribution < 1.29 is 9.90 Å². The van der Waals surface area contributed by atoms with Gasteiger partial charge in [-0.15, -0.1) is 0 Å². The number of aliphatic hydroxyl groups excluding tert-OH is 1. The van der Waals surface area contributed by atoms with Crippen molar-refractivity contribution in [1.29, 1.82) is 0 Å². The maximum Gasteiger partial charge on any atom is 0.320 e. The number of urea groups is 1. The van der Waals surface area contributed by atoms with Gasteiger partial charge in [-0.1, -0.05) is 30.3 Å². The second-order valence-electron chi connectivity index (χ2n) is 5.30. The van der Waals surface area contributed by atoms with Crippen LogP contribution in [0.3, 0.4) is 0 Å². The molecule has 1 aromatic heterocycles. The highest BCUT2D eigenvalue weighted by Gasteiger charge is 2.12. The van der Waals surface area contributed by atoms with E-state index in [0.29, 0.717) is 12.4 Å². The van der Waals surface area contributed by atoms with Crippen LogP contribution < -0.4 is 10.6 Å². The first-order chi connectivity index (χ1) is 10.6. The van der Waals surface area contributed by atoms with Gasteiger partial charge in [0.15, 0.2) is 0 Å². The van der Waals surface area contributed by atoms with Crippen molar-refractivity contribution in [3.8, 4) is 0 Å². The fourth-order valence-electron chi connectivity index (χ4n) is 2.29. The van der Waals surface area contributed by atoms with Crippen molar-refractivity contribution >= 4 is 11.8 Å². The van der Waals surface area contributed by atoms with Crippen LogP contribution in [0.4, 0.5) is 10.6 Å². The number of nitrogens with zero attached hydrogens (tertiary/aromatic N) is 1. The molecule has 0 saturated carbocycles. The van der Waals surface area contributed by atoms with E-state index in [1.54, 1.807) is 0 Å². The van der Waals surface area contributed by atoms with Gasteiger partial charge in [-0.25, -0.2) is 9.78 Å². The summed E-state index contributed by atoms with van der Waals surface area (Å²) in [5, 5.41) is 15.0. The topological polar surface area (TPSA) is 74.2 Å². The maximum atomic E-state index is 11.9. The number of hydrogen-bond acceptors (Lipinski definition) is 3. The van der Waals surface area contributed by atoms with Crippen molar-refractivity contribution in [3.63, 3.8) is 0 Å². The summed E-state index contributed by atoms with van der Waals surface area (Å²) in [4.78, 5) is 16.2. The van der Waals surface area contributed by atoms with E-state index >= 15 is 0 Å². The molecule has 1 aromatic carbocycles. The third kappa shape index (κ3) is 4.56. The summed E-state index contributed by atoms with van der Waals surface area (Å²) in [6.07, 6.45) is 0. The Kier molecular flexibility index (Phi) is 5.49. The highest BCUT2D eigenvalue weighted by atomic mass is 16.3. The first-order valence-corrected chi connectivity index (χ1v) is 7.24. The lowest BCUT2D eigenvalue weighted by Gasteiger charge is -2.16. The van der Waals surface area contributed by atoms with Crippen LogP contribution in [0, 0.1) is 13.8 Å². The van der Waals surface area contributed by atoms with Gasteiger partial charge in [-0.2, -0.15) is 0 Å². The molecular formula is C17H21N3O2. The Labute approximate surface area is 130 Å². The van der Waals surface area contributed by atoms with E-state index in [2.05, 4.69) is 15.6 Å². The fourth-order valence-corrected chi connectivity index (χ4v) is 2.29. The Morgan fingerprint density at radius 2 is 1.95 bits per heavy atom. The molecule has 0 aliphatic rings. The second-order valence-corrected chi connectivity index (χ2v) is 5.30. The number of carbonyl (C=O) groups is 1. The summed E-state index contributed by atoms with van der Waals surface area (Å²) in [6, 6.07) is 13.1. The van der Waals surface area contributed by atoms with E-state index < -0.39 is 0 Å². The van der Waals surface area contributed by atoms with E-state index in [-0.39, 0.29) is 18.6 Å². The second kappa shape index (κ2) is 7.56. The number of rotatable bonds is 5. The lowest BCUT2D eigenvalue weighted by Crippen LogP contribution is -2.33. The molecule has 1 atom stereocenters. The quantitative estimate of drug-likeness (QED) is 0.794. The molecule has 0 fully saturated rings. The molecular weight excluding hydrogens is 278 g/mol. The van der Waals surface area contributed by atoms with Gasteiger partial charge >= 0.3 is 6.03 Å². The van der Waals surface area contributed by atoms with Gasteiger partial charge in [0.2, 0.25) is 0 Å². The van der Waals surface area contributed by atoms with Crippen LogP contribution in [0.25, 0.3) is 0 Å². The number of nitrogens with one attached hydrogen (secondary N) is 2. The Balaban J connectivity index is 1.91. The molecule has 3 N–H and O–H groups in total. The normalized spacial score (nSPS) is 11.8. The van der Waals surface area contributed by atoms with E-state index in [0.717, 1.165) is 16.8 Å². The van der Waals surface area contributed by atoms with Crippen LogP contribution in [-0.2, 0) is 0 Å². The van der Waals surface area contributed by atoms with Crippen LogP contribution in [-0.4, -0.2) is 29.3 Å². The number of aromatic nitrogens is 1. The van der Waals surface area contributed by atoms with Gasteiger partial charge < -0.3 is 10.4 Å². The minimum absolute atomic E-state index is 0.0217. The average molecular weight is 299 g/mol. The molecule has 2 aromatic rings. The molecule has 0 spiro atoms. The molecule has 0 bridgehead atoms. The van der Waals surface area contributed by atoms with Gasteiger partial charge in [0.1, 0.15) is 5.82 Å². The monoisotopic (exact) mass is 299 g/mol. The molecule has 0 unspecified atom stereocenters. The number of amides is 2. The summed E-state index contributed by atoms with van der Waals surface area (Å²) >= 11 is 0. The minimum atomic E-state index is -0.327. The predicted octanol–water partition coefficient (Wildman–Crippen LogP) is 2.60. The van der Waals surface area contributed by atoms with Gasteiger partial charge in [0.05, 0.1) is 6.61 Å². The highest BCUT2D eigenvalue weighted by Crippen LogP contribution is 2.14. The van der Waals surface area contributed by atoms with Crippen molar-refractivity contribution in [2.45, 2.75) is 19.8 Å². The van der Waals surface area contributed by atoms with Crippen LogP contribution in [0.5, 0.6) is 0 Å². The zero-order valence-electron chi connectivity index (χ0n) is 12.8. The molecule has 0 aliphatic carbocycles. The molecule has 5 nitrogen and oxygen atoms in total. The van der Waals surface area contributed by atoms with Crippen LogP contribution in [0.1, 0.15) is 22.7 Å². The van der Waals surface area contributed by atoms with Gasteiger partial charge in [-0.3, -0.25) is 5.32 Å². The third-order valence-corrected chi connectivity index (χ3v) is 3.34. The molecule has 0 aliphatic heterocycles. The van der Waals surface area contributed by atoms with Crippen molar-refractivity contribution in [3.05, 3.63) is 59.3 Å². The summed E-state index contributed by atoms with van der Waals surface area (Å²) < 4.78 is 0. The summed E-state index contributed by atoms with van der Waals surface area (Å²) in [5.41, 5.74) is 2.89. The zero-order chi connectivity index (χ0) is 15.9. The Hall–Kier alpha value is -2.40. The molecule has 0 saturated heterocycles. The summed E-state index contributed by atoms with van der Waals surface area (Å²) in [5.74, 6) is 0.398. The molecule has 2 amide bonds. The van der Waals surface area contributed by atoms with Crippen molar-refractivity contribution in [2.24, 2.45) is 0 Å². The van der Waals surface area contributed by atoms with Crippen LogP contribution in [0.15, 0.2) is 42.5 Å². The highest BCUT2D eigenvalue weighted by molar-refractivity contribution is 5.88. The average Bonchev–Trinajstić information content (AvgIpc) is 2.48. The molecule has 116 valence electrons. The lowest BCUT2D eigenvalue weighted by atomic mass is 10.0. The van der Waals surface area contributed by atoms with E-state index in [4.69, 9.17) is 0 Å². The third-order valence-electron chi connectivity index (χ3n) is 3.34. The van der Waals surface area contributed by atoms with Gasteiger partial charge in [0, 0.05) is 18.2 Å². The predicted molar refractivity (Wildman–Crippen MR) is 87.0 cm³/mol. The maximum absolute atomic E-state index is 11.9. The Bertz CT molecular complexity index is 609. The number of aliphatic hydroxyl groups is 1. The number of pyridine rings is 1. The summed E-state index contributed by atoms with van der Waals surface area (Å²) in [7, 11) is 0.